The van der Waals surface area contributed by atoms with Gasteiger partial charge in [-0.1, -0.05) is 13.8 Å². The van der Waals surface area contributed by atoms with Gasteiger partial charge in [-0.3, -0.25) is 10.1 Å². The van der Waals surface area contributed by atoms with Gasteiger partial charge in [-0.25, -0.2) is 8.78 Å². The number of anilines is 1. The molecule has 0 aliphatic rings. The Labute approximate surface area is 109 Å². The number of nitro benzene ring substituents is 1. The van der Waals surface area contributed by atoms with Crippen molar-refractivity contribution in [2.45, 2.75) is 26.4 Å². The third kappa shape index (κ3) is 4.13. The Kier molecular flexibility index (Phi) is 5.17. The molecule has 0 fully saturated rings. The highest BCUT2D eigenvalue weighted by Gasteiger charge is 2.18. The van der Waals surface area contributed by atoms with Crippen LogP contribution in [0.1, 0.15) is 25.8 Å². The molecule has 1 rings (SSSR count). The van der Waals surface area contributed by atoms with Gasteiger partial charge >= 0.3 is 0 Å². The second kappa shape index (κ2) is 6.42. The zero-order valence-electron chi connectivity index (χ0n) is 10.6. The number of aliphatic hydroxyl groups is 1. The molecule has 19 heavy (non-hydrogen) atoms. The topological polar surface area (TPSA) is 75.4 Å². The average Bonchev–Trinajstić information content (AvgIpc) is 2.35. The van der Waals surface area contributed by atoms with Crippen LogP contribution in [0.25, 0.3) is 0 Å². The highest BCUT2D eigenvalue weighted by molar-refractivity contribution is 5.56. The van der Waals surface area contributed by atoms with Gasteiger partial charge in [0.1, 0.15) is 0 Å². The molecule has 0 amide bonds. The van der Waals surface area contributed by atoms with Crippen LogP contribution in [-0.2, 0) is 0 Å². The van der Waals surface area contributed by atoms with E-state index in [9.17, 15) is 24.0 Å². The molecule has 2 N–H and O–H groups in total. The number of non-ortho nitro benzene ring substituents is 1. The van der Waals surface area contributed by atoms with Gasteiger partial charge in [-0.05, 0) is 12.0 Å². The van der Waals surface area contributed by atoms with Crippen molar-refractivity contribution < 1.29 is 18.8 Å². The molecule has 0 aliphatic carbocycles. The fourth-order valence-corrected chi connectivity index (χ4v) is 1.46. The first kappa shape index (κ1) is 15.3. The van der Waals surface area contributed by atoms with Crippen LogP contribution in [0.3, 0.4) is 0 Å². The maximum Gasteiger partial charge on any atom is 0.270 e. The first-order valence-electron chi connectivity index (χ1n) is 5.81. The molecule has 1 aromatic carbocycles. The minimum atomic E-state index is -2.82. The summed E-state index contributed by atoms with van der Waals surface area (Å²) in [7, 11) is 0. The number of alkyl halides is 2. The maximum absolute atomic E-state index is 12.8. The maximum atomic E-state index is 12.8. The van der Waals surface area contributed by atoms with Gasteiger partial charge in [-0.15, -0.1) is 0 Å². The summed E-state index contributed by atoms with van der Waals surface area (Å²) in [6, 6.07) is 3.22. The third-order valence-corrected chi connectivity index (χ3v) is 2.75. The minimum Gasteiger partial charge on any atom is -0.391 e. The Hall–Kier alpha value is -1.76. The van der Waals surface area contributed by atoms with Crippen LogP contribution >= 0.6 is 0 Å². The van der Waals surface area contributed by atoms with E-state index in [-0.39, 0.29) is 23.8 Å². The van der Waals surface area contributed by atoms with Crippen molar-refractivity contribution in [1.82, 2.24) is 0 Å². The predicted octanol–water partition coefficient (Wildman–Crippen LogP) is 2.96. The largest absolute Gasteiger partial charge is 0.391 e. The number of hydrogen-bond acceptors (Lipinski definition) is 4. The van der Waals surface area contributed by atoms with E-state index in [0.717, 1.165) is 12.1 Å². The SMILES string of the molecule is CC(C)C(O)CNc1ccc([N+](=O)[O-])cc1C(F)F. The van der Waals surface area contributed by atoms with Gasteiger partial charge in [0.05, 0.1) is 11.0 Å². The molecule has 5 nitrogen and oxygen atoms in total. The molecule has 7 heteroatoms. The monoisotopic (exact) mass is 274 g/mol. The highest BCUT2D eigenvalue weighted by Crippen LogP contribution is 2.30. The molecular formula is C12H16F2N2O3. The molecule has 106 valence electrons. The summed E-state index contributed by atoms with van der Waals surface area (Å²) in [6.07, 6.45) is -3.50. The van der Waals surface area contributed by atoms with Gasteiger partial charge in [0.25, 0.3) is 12.1 Å². The zero-order chi connectivity index (χ0) is 14.6. The number of nitro groups is 1. The number of aliphatic hydroxyl groups excluding tert-OH is 1. The smallest absolute Gasteiger partial charge is 0.270 e. The van der Waals surface area contributed by atoms with Crippen molar-refractivity contribution in [2.75, 3.05) is 11.9 Å². The fraction of sp³-hybridized carbons (Fsp3) is 0.500. The van der Waals surface area contributed by atoms with Crippen LogP contribution in [0.4, 0.5) is 20.2 Å². The molecule has 0 bridgehead atoms. The summed E-state index contributed by atoms with van der Waals surface area (Å²) in [5.41, 5.74) is -0.726. The number of hydrogen-bond donors (Lipinski definition) is 2. The van der Waals surface area contributed by atoms with Crippen LogP contribution in [0.5, 0.6) is 0 Å². The second-order valence-corrected chi connectivity index (χ2v) is 4.52. The standard InChI is InChI=1S/C12H16F2N2O3/c1-7(2)11(17)6-15-10-4-3-8(16(18)19)5-9(10)12(13)14/h3-5,7,11-12,15,17H,6H2,1-2H3. The lowest BCUT2D eigenvalue weighted by Gasteiger charge is -2.17. The van der Waals surface area contributed by atoms with E-state index in [1.807, 2.05) is 0 Å². The van der Waals surface area contributed by atoms with Gasteiger partial charge in [0.2, 0.25) is 0 Å². The lowest BCUT2D eigenvalue weighted by Crippen LogP contribution is -2.25. The van der Waals surface area contributed by atoms with Gasteiger partial charge in [-0.2, -0.15) is 0 Å². The van der Waals surface area contributed by atoms with Gasteiger partial charge in [0.15, 0.2) is 0 Å². The molecular weight excluding hydrogens is 258 g/mol. The summed E-state index contributed by atoms with van der Waals surface area (Å²) in [6.45, 7) is 3.71. The molecule has 0 saturated carbocycles. The summed E-state index contributed by atoms with van der Waals surface area (Å²) < 4.78 is 25.7. The quantitative estimate of drug-likeness (QED) is 0.617. The number of halogens is 2. The Morgan fingerprint density at radius 1 is 1.42 bits per heavy atom. The number of benzene rings is 1. The van der Waals surface area contributed by atoms with E-state index >= 15 is 0 Å². The number of nitrogens with one attached hydrogen (secondary N) is 1. The molecule has 1 unspecified atom stereocenters. The van der Waals surface area contributed by atoms with Crippen LogP contribution in [-0.4, -0.2) is 22.7 Å². The molecule has 0 aliphatic heterocycles. The normalized spacial score (nSPS) is 12.8. The van der Waals surface area contributed by atoms with E-state index < -0.39 is 23.0 Å². The fourth-order valence-electron chi connectivity index (χ4n) is 1.46. The van der Waals surface area contributed by atoms with Crippen molar-refractivity contribution in [3.8, 4) is 0 Å². The predicted molar refractivity (Wildman–Crippen MR) is 67.4 cm³/mol. The zero-order valence-corrected chi connectivity index (χ0v) is 10.6. The van der Waals surface area contributed by atoms with Crippen molar-refractivity contribution in [2.24, 2.45) is 5.92 Å². The van der Waals surface area contributed by atoms with Crippen LogP contribution in [0.2, 0.25) is 0 Å². The highest BCUT2D eigenvalue weighted by atomic mass is 19.3. The van der Waals surface area contributed by atoms with Gasteiger partial charge < -0.3 is 10.4 Å². The van der Waals surface area contributed by atoms with E-state index in [0.29, 0.717) is 0 Å². The summed E-state index contributed by atoms with van der Waals surface area (Å²) in [5.74, 6) is -0.0134. The molecule has 1 aromatic rings. The Balaban J connectivity index is 2.91. The molecule has 0 spiro atoms. The molecule has 0 heterocycles. The molecule has 0 radical (unpaired) electrons. The number of nitrogens with zero attached hydrogens (tertiary/aromatic N) is 1. The summed E-state index contributed by atoms with van der Waals surface area (Å²) in [4.78, 5) is 9.82. The first-order valence-corrected chi connectivity index (χ1v) is 5.81. The Bertz CT molecular complexity index is 453. The van der Waals surface area contributed by atoms with Crippen molar-refractivity contribution in [3.63, 3.8) is 0 Å². The molecule has 0 aromatic heterocycles. The van der Waals surface area contributed by atoms with Crippen LogP contribution in [0, 0.1) is 16.0 Å². The Morgan fingerprint density at radius 3 is 2.53 bits per heavy atom. The summed E-state index contributed by atoms with van der Waals surface area (Å²) >= 11 is 0. The minimum absolute atomic E-state index is 0.0134. The lowest BCUT2D eigenvalue weighted by atomic mass is 10.1. The van der Waals surface area contributed by atoms with E-state index in [1.165, 1.54) is 6.07 Å². The number of rotatable bonds is 6. The average molecular weight is 274 g/mol. The molecule has 1 atom stereocenters. The first-order chi connectivity index (χ1) is 8.82. The van der Waals surface area contributed by atoms with Gasteiger partial charge in [0, 0.05) is 29.9 Å². The second-order valence-electron chi connectivity index (χ2n) is 4.52. The van der Waals surface area contributed by atoms with Crippen LogP contribution in [0.15, 0.2) is 18.2 Å². The molecule has 0 saturated heterocycles. The van der Waals surface area contributed by atoms with Crippen molar-refractivity contribution in [1.29, 1.82) is 0 Å². The van der Waals surface area contributed by atoms with E-state index in [2.05, 4.69) is 5.32 Å². The summed E-state index contributed by atoms with van der Waals surface area (Å²) in [5, 5.41) is 22.8. The third-order valence-electron chi connectivity index (χ3n) is 2.75. The lowest BCUT2D eigenvalue weighted by molar-refractivity contribution is -0.385. The van der Waals surface area contributed by atoms with Crippen LogP contribution < -0.4 is 5.32 Å². The van der Waals surface area contributed by atoms with E-state index in [4.69, 9.17) is 0 Å². The Morgan fingerprint density at radius 2 is 2.05 bits per heavy atom. The van der Waals surface area contributed by atoms with Crippen molar-refractivity contribution in [3.05, 3.63) is 33.9 Å². The van der Waals surface area contributed by atoms with E-state index in [1.54, 1.807) is 13.8 Å². The van der Waals surface area contributed by atoms with Crippen molar-refractivity contribution >= 4 is 11.4 Å².